The van der Waals surface area contributed by atoms with E-state index in [1.807, 2.05) is 0 Å². The lowest BCUT2D eigenvalue weighted by Crippen LogP contribution is -2.59. The SMILES string of the molecule is CC1CC(C)N2NC[C@@H](C)C2N1. The number of hydrogen-bond acceptors (Lipinski definition) is 3. The molecule has 0 aromatic heterocycles. The van der Waals surface area contributed by atoms with E-state index in [-0.39, 0.29) is 0 Å². The van der Waals surface area contributed by atoms with Crippen molar-refractivity contribution in [2.45, 2.75) is 45.4 Å². The molecule has 2 fully saturated rings. The predicted molar refractivity (Wildman–Crippen MR) is 49.5 cm³/mol. The van der Waals surface area contributed by atoms with Crippen molar-refractivity contribution >= 4 is 0 Å². The monoisotopic (exact) mass is 169 g/mol. The van der Waals surface area contributed by atoms with Gasteiger partial charge in [0.25, 0.3) is 0 Å². The van der Waals surface area contributed by atoms with Gasteiger partial charge in [0.2, 0.25) is 0 Å². The molecule has 2 heterocycles. The Hall–Kier alpha value is -0.120. The minimum atomic E-state index is 0.559. The van der Waals surface area contributed by atoms with Gasteiger partial charge in [0.15, 0.2) is 0 Å². The molecule has 2 aliphatic rings. The molecule has 0 radical (unpaired) electrons. The quantitative estimate of drug-likeness (QED) is 0.554. The zero-order chi connectivity index (χ0) is 8.72. The first-order valence-electron chi connectivity index (χ1n) is 4.96. The van der Waals surface area contributed by atoms with Gasteiger partial charge in [0.1, 0.15) is 0 Å². The Bertz CT molecular complexity index is 171. The summed E-state index contributed by atoms with van der Waals surface area (Å²) >= 11 is 0. The van der Waals surface area contributed by atoms with Gasteiger partial charge in [-0.25, -0.2) is 5.01 Å². The molecule has 0 bridgehead atoms. The van der Waals surface area contributed by atoms with E-state index >= 15 is 0 Å². The first-order chi connectivity index (χ1) is 5.68. The van der Waals surface area contributed by atoms with Crippen molar-refractivity contribution < 1.29 is 0 Å². The summed E-state index contributed by atoms with van der Waals surface area (Å²) in [5, 5.41) is 6.00. The normalized spacial score (nSPS) is 49.2. The van der Waals surface area contributed by atoms with Crippen LogP contribution in [0.15, 0.2) is 0 Å². The maximum Gasteiger partial charge on any atom is 0.0776 e. The molecule has 12 heavy (non-hydrogen) atoms. The Balaban J connectivity index is 2.08. The topological polar surface area (TPSA) is 27.3 Å². The van der Waals surface area contributed by atoms with Crippen molar-refractivity contribution in [1.29, 1.82) is 0 Å². The van der Waals surface area contributed by atoms with Crippen molar-refractivity contribution in [1.82, 2.24) is 15.8 Å². The first kappa shape index (κ1) is 8.48. The highest BCUT2D eigenvalue weighted by atomic mass is 15.6. The third-order valence-electron chi connectivity index (χ3n) is 3.06. The third kappa shape index (κ3) is 1.26. The van der Waals surface area contributed by atoms with Crippen LogP contribution in [0.5, 0.6) is 0 Å². The van der Waals surface area contributed by atoms with E-state index in [2.05, 4.69) is 36.5 Å². The molecule has 2 N–H and O–H groups in total. The predicted octanol–water partition coefficient (Wildman–Crippen LogP) is 0.539. The summed E-state index contributed by atoms with van der Waals surface area (Å²) in [6, 6.07) is 1.35. The fourth-order valence-corrected chi connectivity index (χ4v) is 2.39. The molecule has 3 nitrogen and oxygen atoms in total. The van der Waals surface area contributed by atoms with Crippen LogP contribution in [0.2, 0.25) is 0 Å². The van der Waals surface area contributed by atoms with E-state index < -0.39 is 0 Å². The lowest BCUT2D eigenvalue weighted by molar-refractivity contribution is 0.0438. The third-order valence-corrected chi connectivity index (χ3v) is 3.06. The zero-order valence-electron chi connectivity index (χ0n) is 8.17. The zero-order valence-corrected chi connectivity index (χ0v) is 8.17. The van der Waals surface area contributed by atoms with Gasteiger partial charge in [-0.15, -0.1) is 0 Å². The minimum absolute atomic E-state index is 0.559. The van der Waals surface area contributed by atoms with E-state index in [1.54, 1.807) is 0 Å². The van der Waals surface area contributed by atoms with Crippen molar-refractivity contribution in [3.8, 4) is 0 Å². The number of nitrogens with zero attached hydrogens (tertiary/aromatic N) is 1. The van der Waals surface area contributed by atoms with Gasteiger partial charge in [-0.1, -0.05) is 6.92 Å². The van der Waals surface area contributed by atoms with Crippen LogP contribution in [0.4, 0.5) is 0 Å². The van der Waals surface area contributed by atoms with Crippen LogP contribution in [-0.2, 0) is 0 Å². The fraction of sp³-hybridized carbons (Fsp3) is 1.00. The summed E-state index contributed by atoms with van der Waals surface area (Å²) < 4.78 is 0. The Morgan fingerprint density at radius 2 is 2.00 bits per heavy atom. The van der Waals surface area contributed by atoms with Gasteiger partial charge >= 0.3 is 0 Å². The van der Waals surface area contributed by atoms with E-state index in [1.165, 1.54) is 6.42 Å². The molecule has 70 valence electrons. The molecule has 3 heteroatoms. The minimum Gasteiger partial charge on any atom is -0.298 e. The number of fused-ring (bicyclic) bond motifs is 1. The van der Waals surface area contributed by atoms with E-state index in [4.69, 9.17) is 0 Å². The highest BCUT2D eigenvalue weighted by Crippen LogP contribution is 2.23. The van der Waals surface area contributed by atoms with Gasteiger partial charge < -0.3 is 0 Å². The van der Waals surface area contributed by atoms with Crippen LogP contribution in [-0.4, -0.2) is 29.8 Å². The molecule has 0 aliphatic carbocycles. The molecule has 0 aromatic rings. The molecule has 0 aromatic carbocycles. The molecule has 2 rings (SSSR count). The van der Waals surface area contributed by atoms with Gasteiger partial charge in [0, 0.05) is 18.6 Å². The lowest BCUT2D eigenvalue weighted by atomic mass is 10.0. The summed E-state index contributed by atoms with van der Waals surface area (Å²) in [6.45, 7) is 8.00. The average molecular weight is 169 g/mol. The Kier molecular flexibility index (Phi) is 2.10. The second-order valence-corrected chi connectivity index (χ2v) is 4.34. The molecular weight excluding hydrogens is 150 g/mol. The number of rotatable bonds is 0. The summed E-state index contributed by atoms with van der Waals surface area (Å²) in [4.78, 5) is 0. The van der Waals surface area contributed by atoms with Crippen molar-refractivity contribution in [3.63, 3.8) is 0 Å². The summed E-state index contributed by atoms with van der Waals surface area (Å²) in [5.41, 5.74) is 3.45. The maximum absolute atomic E-state index is 3.62. The molecule has 2 saturated heterocycles. The van der Waals surface area contributed by atoms with Gasteiger partial charge in [-0.3, -0.25) is 10.7 Å². The van der Waals surface area contributed by atoms with Crippen LogP contribution in [0, 0.1) is 5.92 Å². The smallest absolute Gasteiger partial charge is 0.0776 e. The highest BCUT2D eigenvalue weighted by Gasteiger charge is 2.38. The van der Waals surface area contributed by atoms with Crippen molar-refractivity contribution in [2.24, 2.45) is 5.92 Å². The second-order valence-electron chi connectivity index (χ2n) is 4.34. The van der Waals surface area contributed by atoms with Crippen molar-refractivity contribution in [3.05, 3.63) is 0 Å². The van der Waals surface area contributed by atoms with Crippen LogP contribution < -0.4 is 10.7 Å². The molecule has 0 amide bonds. The van der Waals surface area contributed by atoms with Crippen molar-refractivity contribution in [2.75, 3.05) is 6.54 Å². The fourth-order valence-electron chi connectivity index (χ4n) is 2.39. The summed E-state index contributed by atoms with van der Waals surface area (Å²) in [6.07, 6.45) is 1.81. The Labute approximate surface area is 74.5 Å². The van der Waals surface area contributed by atoms with Crippen LogP contribution in [0.3, 0.4) is 0 Å². The van der Waals surface area contributed by atoms with Gasteiger partial charge in [0.05, 0.1) is 6.17 Å². The number of hydrogen-bond donors (Lipinski definition) is 2. The lowest BCUT2D eigenvalue weighted by Gasteiger charge is -2.40. The number of hydrazine groups is 1. The van der Waals surface area contributed by atoms with Crippen LogP contribution >= 0.6 is 0 Å². The average Bonchev–Trinajstić information content (AvgIpc) is 2.33. The molecular formula is C9H19N3. The van der Waals surface area contributed by atoms with Gasteiger partial charge in [-0.2, -0.15) is 0 Å². The van der Waals surface area contributed by atoms with Crippen LogP contribution in [0.25, 0.3) is 0 Å². The van der Waals surface area contributed by atoms with Gasteiger partial charge in [-0.05, 0) is 26.2 Å². The van der Waals surface area contributed by atoms with E-state index in [0.29, 0.717) is 18.2 Å². The van der Waals surface area contributed by atoms with E-state index in [0.717, 1.165) is 12.5 Å². The molecule has 0 saturated carbocycles. The largest absolute Gasteiger partial charge is 0.298 e. The Morgan fingerprint density at radius 3 is 2.75 bits per heavy atom. The second kappa shape index (κ2) is 2.98. The Morgan fingerprint density at radius 1 is 1.25 bits per heavy atom. The summed E-state index contributed by atoms with van der Waals surface area (Å²) in [5.74, 6) is 0.732. The highest BCUT2D eigenvalue weighted by molar-refractivity contribution is 4.90. The molecule has 3 unspecified atom stereocenters. The number of nitrogens with one attached hydrogen (secondary N) is 2. The van der Waals surface area contributed by atoms with Crippen LogP contribution in [0.1, 0.15) is 27.2 Å². The molecule has 4 atom stereocenters. The van der Waals surface area contributed by atoms with E-state index in [9.17, 15) is 0 Å². The standard InChI is InChI=1S/C9H19N3/c1-6-5-10-12-8(3)4-7(2)11-9(6)12/h6-11H,4-5H2,1-3H3/t6-,7?,8?,9?/m1/s1. The molecule has 0 spiro atoms. The summed E-state index contributed by atoms with van der Waals surface area (Å²) in [7, 11) is 0. The maximum atomic E-state index is 3.62. The first-order valence-corrected chi connectivity index (χ1v) is 4.96. The molecule has 2 aliphatic heterocycles.